The van der Waals surface area contributed by atoms with E-state index >= 15 is 0 Å². The standard InChI is InChI=1S/C60H116O6/c1-54(2)46-40-34-28-22-16-10-7-8-12-21-27-33-39-45-51-60(63)66-57(53-65-59(62)50-44-38-32-26-20-15-14-18-24-30-36-42-48-56(5)6)52-64-58(61)49-43-37-31-25-19-13-9-11-17-23-29-35-41-47-55(3)4/h54-57H,7-53H2,1-6H3/t57-/m0/s1. The molecular formula is C60H116O6. The van der Waals surface area contributed by atoms with Gasteiger partial charge in [-0.2, -0.15) is 0 Å². The van der Waals surface area contributed by atoms with E-state index in [-0.39, 0.29) is 31.1 Å². The van der Waals surface area contributed by atoms with Gasteiger partial charge >= 0.3 is 17.9 Å². The van der Waals surface area contributed by atoms with Crippen LogP contribution in [0.1, 0.15) is 330 Å². The SMILES string of the molecule is CC(C)CCCCCCCCCCCCCCCCC(=O)O[C@@H](COC(=O)CCCCCCCCCCCCCCCC(C)C)COC(=O)CCCCCCCCCCCCCCC(C)C. The highest BCUT2D eigenvalue weighted by Crippen LogP contribution is 2.19. The second-order valence-corrected chi connectivity index (χ2v) is 22.1. The number of carbonyl (C=O) groups is 3. The van der Waals surface area contributed by atoms with E-state index in [1.165, 1.54) is 212 Å². The topological polar surface area (TPSA) is 78.9 Å². The first-order valence-electron chi connectivity index (χ1n) is 29.6. The molecule has 6 nitrogen and oxygen atoms in total. The zero-order chi connectivity index (χ0) is 48.4. The third kappa shape index (κ3) is 53.4. The van der Waals surface area contributed by atoms with Gasteiger partial charge in [0.15, 0.2) is 6.10 Å². The molecule has 0 aliphatic carbocycles. The van der Waals surface area contributed by atoms with E-state index in [0.717, 1.165) is 75.5 Å². The van der Waals surface area contributed by atoms with Crippen LogP contribution in [0.5, 0.6) is 0 Å². The summed E-state index contributed by atoms with van der Waals surface area (Å²) < 4.78 is 16.9. The second-order valence-electron chi connectivity index (χ2n) is 22.1. The molecule has 0 rings (SSSR count). The van der Waals surface area contributed by atoms with E-state index in [1.54, 1.807) is 0 Å². The van der Waals surface area contributed by atoms with Gasteiger partial charge in [0.2, 0.25) is 0 Å². The van der Waals surface area contributed by atoms with Gasteiger partial charge in [-0.15, -0.1) is 0 Å². The van der Waals surface area contributed by atoms with E-state index in [1.807, 2.05) is 0 Å². The monoisotopic (exact) mass is 933 g/mol. The summed E-state index contributed by atoms with van der Waals surface area (Å²) >= 11 is 0. The summed E-state index contributed by atoms with van der Waals surface area (Å²) in [4.78, 5) is 38.2. The lowest BCUT2D eigenvalue weighted by Gasteiger charge is -2.18. The van der Waals surface area contributed by atoms with Crippen molar-refractivity contribution in [1.29, 1.82) is 0 Å². The van der Waals surface area contributed by atoms with Crippen LogP contribution in [0.25, 0.3) is 0 Å². The molecule has 0 aliphatic heterocycles. The Balaban J connectivity index is 4.31. The first-order valence-corrected chi connectivity index (χ1v) is 29.6. The Morgan fingerprint density at radius 2 is 0.439 bits per heavy atom. The first kappa shape index (κ1) is 64.4. The van der Waals surface area contributed by atoms with Crippen molar-refractivity contribution in [3.05, 3.63) is 0 Å². The number of rotatable bonds is 53. The lowest BCUT2D eigenvalue weighted by molar-refractivity contribution is -0.167. The Labute approximate surface area is 412 Å². The molecular weight excluding hydrogens is 817 g/mol. The number of hydrogen-bond donors (Lipinski definition) is 0. The molecule has 0 aliphatic rings. The molecule has 0 heterocycles. The number of unbranched alkanes of at least 4 members (excludes halogenated alkanes) is 36. The van der Waals surface area contributed by atoms with Gasteiger partial charge in [-0.3, -0.25) is 14.4 Å². The molecule has 0 bridgehead atoms. The average Bonchev–Trinajstić information content (AvgIpc) is 3.28. The summed E-state index contributed by atoms with van der Waals surface area (Å²) in [7, 11) is 0. The van der Waals surface area contributed by atoms with E-state index in [0.29, 0.717) is 19.3 Å². The molecule has 0 spiro atoms. The smallest absolute Gasteiger partial charge is 0.306 e. The number of ether oxygens (including phenoxy) is 3. The van der Waals surface area contributed by atoms with Crippen LogP contribution in [-0.2, 0) is 28.6 Å². The van der Waals surface area contributed by atoms with Crippen molar-refractivity contribution in [2.75, 3.05) is 13.2 Å². The maximum absolute atomic E-state index is 12.9. The average molecular weight is 934 g/mol. The Morgan fingerprint density at radius 1 is 0.258 bits per heavy atom. The zero-order valence-electron chi connectivity index (χ0n) is 45.5. The third-order valence-electron chi connectivity index (χ3n) is 13.6. The fourth-order valence-electron chi connectivity index (χ4n) is 9.18. The molecule has 0 saturated carbocycles. The molecule has 0 N–H and O–H groups in total. The van der Waals surface area contributed by atoms with E-state index in [9.17, 15) is 14.4 Å². The first-order chi connectivity index (χ1) is 32.1. The molecule has 392 valence electrons. The van der Waals surface area contributed by atoms with Gasteiger partial charge in [-0.1, -0.05) is 292 Å². The highest BCUT2D eigenvalue weighted by atomic mass is 16.6. The normalized spacial score (nSPS) is 12.1. The highest BCUT2D eigenvalue weighted by Gasteiger charge is 2.19. The molecule has 0 radical (unpaired) electrons. The molecule has 0 fully saturated rings. The van der Waals surface area contributed by atoms with Crippen molar-refractivity contribution < 1.29 is 28.6 Å². The van der Waals surface area contributed by atoms with Gasteiger partial charge in [0, 0.05) is 19.3 Å². The third-order valence-corrected chi connectivity index (χ3v) is 13.6. The molecule has 0 unspecified atom stereocenters. The van der Waals surface area contributed by atoms with Crippen LogP contribution < -0.4 is 0 Å². The second kappa shape index (κ2) is 51.3. The zero-order valence-corrected chi connectivity index (χ0v) is 45.5. The van der Waals surface area contributed by atoms with Crippen LogP contribution in [0.2, 0.25) is 0 Å². The van der Waals surface area contributed by atoms with Gasteiger partial charge in [-0.25, -0.2) is 0 Å². The summed E-state index contributed by atoms with van der Waals surface area (Å²) in [6.07, 6.45) is 53.8. The van der Waals surface area contributed by atoms with Crippen LogP contribution >= 0.6 is 0 Å². The quantitative estimate of drug-likeness (QED) is 0.0343. The number of hydrogen-bond acceptors (Lipinski definition) is 6. The summed E-state index contributed by atoms with van der Waals surface area (Å²) in [6, 6.07) is 0. The molecule has 0 saturated heterocycles. The van der Waals surface area contributed by atoms with Crippen LogP contribution in [0.4, 0.5) is 0 Å². The van der Waals surface area contributed by atoms with Crippen molar-refractivity contribution >= 4 is 17.9 Å². The minimum Gasteiger partial charge on any atom is -0.462 e. The molecule has 0 aromatic rings. The van der Waals surface area contributed by atoms with Gasteiger partial charge in [0.05, 0.1) is 0 Å². The number of esters is 3. The van der Waals surface area contributed by atoms with Crippen molar-refractivity contribution in [2.45, 2.75) is 337 Å². The number of carbonyl (C=O) groups excluding carboxylic acids is 3. The summed E-state index contributed by atoms with van der Waals surface area (Å²) in [5.41, 5.74) is 0. The van der Waals surface area contributed by atoms with Crippen molar-refractivity contribution in [2.24, 2.45) is 17.8 Å². The van der Waals surface area contributed by atoms with Crippen molar-refractivity contribution in [3.8, 4) is 0 Å². The van der Waals surface area contributed by atoms with Gasteiger partial charge in [0.1, 0.15) is 13.2 Å². The Morgan fingerprint density at radius 3 is 0.652 bits per heavy atom. The molecule has 0 amide bonds. The maximum atomic E-state index is 12.9. The van der Waals surface area contributed by atoms with Crippen molar-refractivity contribution in [3.63, 3.8) is 0 Å². The minimum absolute atomic E-state index is 0.0633. The summed E-state index contributed by atoms with van der Waals surface area (Å²) in [5, 5.41) is 0. The van der Waals surface area contributed by atoms with Crippen LogP contribution in [-0.4, -0.2) is 37.2 Å². The van der Waals surface area contributed by atoms with E-state index in [2.05, 4.69) is 41.5 Å². The fraction of sp³-hybridized carbons (Fsp3) is 0.950. The Bertz CT molecular complexity index is 1020. The predicted molar refractivity (Wildman–Crippen MR) is 284 cm³/mol. The van der Waals surface area contributed by atoms with Crippen LogP contribution in [0, 0.1) is 17.8 Å². The molecule has 6 heteroatoms. The lowest BCUT2D eigenvalue weighted by atomic mass is 10.0. The summed E-state index contributed by atoms with van der Waals surface area (Å²) in [6.45, 7) is 13.8. The van der Waals surface area contributed by atoms with Gasteiger partial charge < -0.3 is 14.2 Å². The van der Waals surface area contributed by atoms with Gasteiger partial charge in [0.25, 0.3) is 0 Å². The Kier molecular flexibility index (Phi) is 50.0. The van der Waals surface area contributed by atoms with E-state index in [4.69, 9.17) is 14.2 Å². The maximum Gasteiger partial charge on any atom is 0.306 e. The minimum atomic E-state index is -0.764. The summed E-state index contributed by atoms with van der Waals surface area (Å²) in [5.74, 6) is 1.68. The van der Waals surface area contributed by atoms with E-state index < -0.39 is 6.10 Å². The predicted octanol–water partition coefficient (Wildman–Crippen LogP) is 19.5. The largest absolute Gasteiger partial charge is 0.462 e. The van der Waals surface area contributed by atoms with Crippen LogP contribution in [0.15, 0.2) is 0 Å². The lowest BCUT2D eigenvalue weighted by Crippen LogP contribution is -2.30. The molecule has 66 heavy (non-hydrogen) atoms. The Hall–Kier alpha value is -1.59. The fourth-order valence-corrected chi connectivity index (χ4v) is 9.18. The molecule has 0 aromatic carbocycles. The molecule has 0 aromatic heterocycles. The van der Waals surface area contributed by atoms with Gasteiger partial charge in [-0.05, 0) is 37.0 Å². The highest BCUT2D eigenvalue weighted by molar-refractivity contribution is 5.71. The van der Waals surface area contributed by atoms with Crippen LogP contribution in [0.3, 0.4) is 0 Å². The van der Waals surface area contributed by atoms with Crippen molar-refractivity contribution in [1.82, 2.24) is 0 Å². The molecule has 1 atom stereocenters.